The lowest BCUT2D eigenvalue weighted by atomic mass is 10.1. The summed E-state index contributed by atoms with van der Waals surface area (Å²) >= 11 is 0. The van der Waals surface area contributed by atoms with Crippen LogP contribution in [0.15, 0.2) is 101 Å². The topological polar surface area (TPSA) is 159 Å². The zero-order valence-electron chi connectivity index (χ0n) is 41.6. The third kappa shape index (κ3) is 12.9. The van der Waals surface area contributed by atoms with Crippen LogP contribution in [0.5, 0.6) is 23.0 Å². The van der Waals surface area contributed by atoms with E-state index in [1.165, 1.54) is 24.7 Å². The molecule has 0 bridgehead atoms. The minimum absolute atomic E-state index is 0.00320. The van der Waals surface area contributed by atoms with Gasteiger partial charge in [0.15, 0.2) is 29.3 Å². The van der Waals surface area contributed by atoms with Gasteiger partial charge in [0.05, 0.1) is 76.8 Å². The zero-order chi connectivity index (χ0) is 50.5. The number of likely N-dealkylation sites (N-methyl/N-ethyl adjacent to an activating group) is 1. The normalized spacial score (nSPS) is 14.0. The molecule has 2 aliphatic rings. The van der Waals surface area contributed by atoms with Crippen LogP contribution in [0, 0.1) is 0 Å². The molecule has 2 aliphatic heterocycles. The van der Waals surface area contributed by atoms with Gasteiger partial charge in [-0.1, -0.05) is 36.4 Å². The van der Waals surface area contributed by atoms with E-state index < -0.39 is 11.7 Å². The van der Waals surface area contributed by atoms with Crippen LogP contribution in [0.4, 0.5) is 33.2 Å². The van der Waals surface area contributed by atoms with Crippen molar-refractivity contribution in [2.75, 3.05) is 89.2 Å². The van der Waals surface area contributed by atoms with Crippen molar-refractivity contribution in [3.63, 3.8) is 0 Å². The Kier molecular flexibility index (Phi) is 17.5. The molecular formula is C55H63N5O11. The van der Waals surface area contributed by atoms with Crippen LogP contribution in [0.25, 0.3) is 0 Å². The monoisotopic (exact) mass is 969 g/mol. The first-order chi connectivity index (χ1) is 34.3. The van der Waals surface area contributed by atoms with Crippen LogP contribution in [-0.4, -0.2) is 117 Å². The van der Waals surface area contributed by atoms with Gasteiger partial charge in [0, 0.05) is 61.7 Å². The minimum atomic E-state index is -0.807. The van der Waals surface area contributed by atoms with Gasteiger partial charge < -0.3 is 47.7 Å². The Hall–Kier alpha value is -7.27. The maximum Gasteiger partial charge on any atom is 0.414 e. The second-order valence-corrected chi connectivity index (χ2v) is 17.9. The third-order valence-corrected chi connectivity index (χ3v) is 12.0. The Bertz CT molecular complexity index is 2720. The Labute approximate surface area is 415 Å². The molecule has 1 unspecified atom stereocenters. The van der Waals surface area contributed by atoms with Crippen molar-refractivity contribution in [2.45, 2.75) is 58.5 Å². The molecule has 2 amide bonds. The fourth-order valence-corrected chi connectivity index (χ4v) is 8.40. The molecule has 5 aromatic carbocycles. The summed E-state index contributed by atoms with van der Waals surface area (Å²) < 4.78 is 46.9. The number of aldehydes is 1. The average Bonchev–Trinajstić information content (AvgIpc) is 3.95. The summed E-state index contributed by atoms with van der Waals surface area (Å²) in [5, 5.41) is 0. The number of para-hydroxylation sites is 2. The summed E-state index contributed by atoms with van der Waals surface area (Å²) in [6, 6.07) is 28.1. The number of rotatable bonds is 23. The van der Waals surface area contributed by atoms with Crippen molar-refractivity contribution < 1.29 is 52.3 Å². The molecule has 71 heavy (non-hydrogen) atoms. The quantitative estimate of drug-likeness (QED) is 0.0347. The molecule has 0 spiro atoms. The average molecular weight is 970 g/mol. The standard InChI is InChI=1S/C55H63N5O11/c1-55(2,3)71-54(63)59(19-20-67-23-24-68-22-21-64-6)42-26-37(35-69-51-31-45(41(34-61)29-49(51)65-7)57-33-43-28-40-14-10-11-15-47(40)58(43)5)25-38(27-42)36-70-52-32-46(56-4)44(30-50(52)66-8)53(62)60-18-17-39-13-9-12-16-48(39)60/h9-16,25-27,29-34,43H,4,17-24,28,35-36H2,1-3,5-8H3/b57-33-. The van der Waals surface area contributed by atoms with Gasteiger partial charge in [0.1, 0.15) is 18.8 Å². The van der Waals surface area contributed by atoms with Crippen LogP contribution in [0.2, 0.25) is 0 Å². The van der Waals surface area contributed by atoms with Gasteiger partial charge >= 0.3 is 6.09 Å². The maximum absolute atomic E-state index is 14.0. The number of carbonyl (C=O) groups excluding carboxylic acids is 3. The number of anilines is 3. The maximum atomic E-state index is 14.0. The van der Waals surface area contributed by atoms with Crippen molar-refractivity contribution in [3.8, 4) is 23.0 Å². The number of benzene rings is 5. The molecule has 0 aromatic heterocycles. The van der Waals surface area contributed by atoms with Crippen LogP contribution in [0.1, 0.15) is 63.7 Å². The van der Waals surface area contributed by atoms with E-state index in [9.17, 15) is 14.4 Å². The number of nitrogens with zero attached hydrogens (tertiary/aromatic N) is 5. The fraction of sp³-hybridized carbons (Fsp3) is 0.364. The highest BCUT2D eigenvalue weighted by molar-refractivity contribution is 6.11. The van der Waals surface area contributed by atoms with Crippen molar-refractivity contribution >= 4 is 59.7 Å². The molecule has 16 nitrogen and oxygen atoms in total. The second-order valence-electron chi connectivity index (χ2n) is 17.9. The molecule has 0 radical (unpaired) electrons. The third-order valence-electron chi connectivity index (χ3n) is 12.0. The molecule has 1 atom stereocenters. The van der Waals surface area contributed by atoms with Crippen molar-refractivity contribution in [3.05, 3.63) is 124 Å². The summed E-state index contributed by atoms with van der Waals surface area (Å²) in [5.41, 5.74) is 6.71. The van der Waals surface area contributed by atoms with Crippen LogP contribution in [-0.2, 0) is 45.0 Å². The van der Waals surface area contributed by atoms with E-state index >= 15 is 0 Å². The molecule has 374 valence electrons. The van der Waals surface area contributed by atoms with E-state index in [0.29, 0.717) is 95.3 Å². The first-order valence-electron chi connectivity index (χ1n) is 23.5. The van der Waals surface area contributed by atoms with Gasteiger partial charge in [-0.3, -0.25) is 24.5 Å². The lowest BCUT2D eigenvalue weighted by Crippen LogP contribution is -2.39. The number of hydrogen-bond acceptors (Lipinski definition) is 14. The molecule has 0 saturated heterocycles. The molecule has 5 aromatic rings. The van der Waals surface area contributed by atoms with E-state index in [0.717, 1.165) is 36.1 Å². The number of carbonyl (C=O) groups is 3. The predicted octanol–water partition coefficient (Wildman–Crippen LogP) is 9.39. The predicted molar refractivity (Wildman–Crippen MR) is 275 cm³/mol. The van der Waals surface area contributed by atoms with E-state index in [-0.39, 0.29) is 38.3 Å². The highest BCUT2D eigenvalue weighted by Crippen LogP contribution is 2.40. The molecule has 0 N–H and O–H groups in total. The summed E-state index contributed by atoms with van der Waals surface area (Å²) in [7, 11) is 6.64. The summed E-state index contributed by atoms with van der Waals surface area (Å²) in [6.07, 6.45) is 3.53. The Balaban J connectivity index is 1.18. The number of aliphatic imine (C=N–C) groups is 2. The molecular weight excluding hydrogens is 907 g/mol. The zero-order valence-corrected chi connectivity index (χ0v) is 41.6. The summed E-state index contributed by atoms with van der Waals surface area (Å²) in [5.74, 6) is 1.10. The first-order valence-corrected chi connectivity index (χ1v) is 23.5. The molecule has 16 heteroatoms. The Morgan fingerprint density at radius 3 is 2.01 bits per heavy atom. The van der Waals surface area contributed by atoms with Gasteiger partial charge in [-0.2, -0.15) is 0 Å². The SMILES string of the molecule is C=Nc1cc(OCc2cc(COc3cc(/N=C\C4Cc5ccccc5N4C)c(C=O)cc3OC)cc(N(CCOCCOCCOC)C(=O)OC(C)(C)C)c2)c(OC)cc1C(=O)N1CCc2ccccc21. The number of fused-ring (bicyclic) bond motifs is 2. The minimum Gasteiger partial charge on any atom is -0.493 e. The molecule has 0 saturated carbocycles. The summed E-state index contributed by atoms with van der Waals surface area (Å²) in [4.78, 5) is 54.8. The molecule has 0 aliphatic carbocycles. The Morgan fingerprint density at radius 2 is 1.38 bits per heavy atom. The highest BCUT2D eigenvalue weighted by Gasteiger charge is 2.29. The Morgan fingerprint density at radius 1 is 0.761 bits per heavy atom. The van der Waals surface area contributed by atoms with Crippen molar-refractivity contribution in [1.82, 2.24) is 0 Å². The van der Waals surface area contributed by atoms with Crippen LogP contribution >= 0.6 is 0 Å². The second kappa shape index (κ2) is 24.0. The molecule has 0 fully saturated rings. The van der Waals surface area contributed by atoms with Gasteiger partial charge in [-0.15, -0.1) is 0 Å². The number of ether oxygens (including phenoxy) is 8. The lowest BCUT2D eigenvalue weighted by molar-refractivity contribution is 0.0252. The number of hydrogen-bond donors (Lipinski definition) is 0. The van der Waals surface area contributed by atoms with Crippen LogP contribution < -0.4 is 33.6 Å². The van der Waals surface area contributed by atoms with Crippen LogP contribution in [0.3, 0.4) is 0 Å². The van der Waals surface area contributed by atoms with Gasteiger partial charge in [-0.25, -0.2) is 4.79 Å². The number of amides is 2. The van der Waals surface area contributed by atoms with Crippen molar-refractivity contribution in [1.29, 1.82) is 0 Å². The largest absolute Gasteiger partial charge is 0.493 e. The van der Waals surface area contributed by atoms with Gasteiger partial charge in [0.25, 0.3) is 5.91 Å². The van der Waals surface area contributed by atoms with E-state index in [1.54, 1.807) is 57.0 Å². The fourth-order valence-electron chi connectivity index (χ4n) is 8.40. The van der Waals surface area contributed by atoms with E-state index in [1.807, 2.05) is 67.9 Å². The summed E-state index contributed by atoms with van der Waals surface area (Å²) in [6.45, 7) is 11.6. The highest BCUT2D eigenvalue weighted by atomic mass is 16.6. The van der Waals surface area contributed by atoms with Crippen molar-refractivity contribution in [2.24, 2.45) is 9.98 Å². The van der Waals surface area contributed by atoms with Gasteiger partial charge in [0.2, 0.25) is 0 Å². The number of methoxy groups -OCH3 is 3. The van der Waals surface area contributed by atoms with E-state index in [4.69, 9.17) is 42.9 Å². The van der Waals surface area contributed by atoms with E-state index in [2.05, 4.69) is 28.7 Å². The molecule has 7 rings (SSSR count). The first kappa shape index (κ1) is 51.6. The lowest BCUT2D eigenvalue weighted by Gasteiger charge is -2.28. The smallest absolute Gasteiger partial charge is 0.414 e. The molecule has 2 heterocycles. The van der Waals surface area contributed by atoms with Gasteiger partial charge in [-0.05, 0) is 105 Å².